The number of carbonyl (C=O) groups is 1. The summed E-state index contributed by atoms with van der Waals surface area (Å²) in [4.78, 5) is 26.4. The molecule has 3 rings (SSSR count). The van der Waals surface area contributed by atoms with Gasteiger partial charge in [0.1, 0.15) is 5.69 Å². The summed E-state index contributed by atoms with van der Waals surface area (Å²) in [7, 11) is 0. The molecule has 20 heavy (non-hydrogen) atoms. The van der Waals surface area contributed by atoms with Crippen molar-refractivity contribution in [2.45, 2.75) is 6.54 Å². The van der Waals surface area contributed by atoms with Gasteiger partial charge >= 0.3 is 0 Å². The highest BCUT2D eigenvalue weighted by Gasteiger charge is 2.10. The minimum absolute atomic E-state index is 0.129. The highest BCUT2D eigenvalue weighted by atomic mass is 16.2. The Morgan fingerprint density at radius 2 is 2.15 bits per heavy atom. The second-order valence-corrected chi connectivity index (χ2v) is 4.11. The summed E-state index contributed by atoms with van der Waals surface area (Å²) in [5.41, 5.74) is -0.106. The molecule has 0 saturated carbocycles. The van der Waals surface area contributed by atoms with E-state index in [0.717, 1.165) is 0 Å². The Bertz CT molecular complexity index is 808. The number of hydrogen-bond donors (Lipinski definition) is 3. The smallest absolute Gasteiger partial charge is 0.268 e. The third-order valence-electron chi connectivity index (χ3n) is 2.79. The number of nitrogens with zero attached hydrogens (tertiary/aromatic N) is 3. The van der Waals surface area contributed by atoms with Crippen LogP contribution in [-0.2, 0) is 6.54 Å². The van der Waals surface area contributed by atoms with Gasteiger partial charge < -0.3 is 10.3 Å². The maximum absolute atomic E-state index is 12.0. The first kappa shape index (κ1) is 12.0. The average Bonchev–Trinajstić information content (AvgIpc) is 2.98. The number of carbonyl (C=O) groups excluding carboxylic acids is 1. The van der Waals surface area contributed by atoms with Crippen molar-refractivity contribution in [3.8, 4) is 0 Å². The fraction of sp³-hybridized carbons (Fsp3) is 0.0833. The summed E-state index contributed by atoms with van der Waals surface area (Å²) >= 11 is 0. The zero-order chi connectivity index (χ0) is 13.9. The van der Waals surface area contributed by atoms with Crippen LogP contribution in [0.1, 0.15) is 16.3 Å². The van der Waals surface area contributed by atoms with Gasteiger partial charge in [-0.2, -0.15) is 5.21 Å². The molecule has 8 heteroatoms. The molecule has 2 heterocycles. The number of aromatic nitrogens is 5. The molecule has 0 aliphatic rings. The number of fused-ring (bicyclic) bond motifs is 1. The first-order valence-electron chi connectivity index (χ1n) is 5.86. The molecule has 1 aromatic carbocycles. The Kier molecular flexibility index (Phi) is 2.96. The van der Waals surface area contributed by atoms with Gasteiger partial charge in [-0.05, 0) is 17.5 Å². The lowest BCUT2D eigenvalue weighted by atomic mass is 10.1. The van der Waals surface area contributed by atoms with Crippen LogP contribution in [0.2, 0.25) is 0 Å². The Morgan fingerprint density at radius 3 is 2.95 bits per heavy atom. The van der Waals surface area contributed by atoms with E-state index in [4.69, 9.17) is 0 Å². The summed E-state index contributed by atoms with van der Waals surface area (Å²) in [6.45, 7) is 0.129. The van der Waals surface area contributed by atoms with Gasteiger partial charge in [0.2, 0.25) is 0 Å². The molecule has 1 amide bonds. The summed E-state index contributed by atoms with van der Waals surface area (Å²) in [5.74, 6) is -0.0425. The molecular formula is C12H10N6O2. The van der Waals surface area contributed by atoms with E-state index in [-0.39, 0.29) is 17.8 Å². The molecule has 8 nitrogen and oxygen atoms in total. The Balaban J connectivity index is 1.86. The molecule has 2 aromatic heterocycles. The molecule has 100 valence electrons. The van der Waals surface area contributed by atoms with Crippen LogP contribution in [0.25, 0.3) is 10.8 Å². The van der Waals surface area contributed by atoms with E-state index >= 15 is 0 Å². The highest BCUT2D eigenvalue weighted by Crippen LogP contribution is 2.09. The molecule has 3 aromatic rings. The molecule has 0 saturated heterocycles. The van der Waals surface area contributed by atoms with Crippen LogP contribution in [-0.4, -0.2) is 31.5 Å². The minimum Gasteiger partial charge on any atom is -0.343 e. The van der Waals surface area contributed by atoms with E-state index in [1.54, 1.807) is 24.3 Å². The van der Waals surface area contributed by atoms with Gasteiger partial charge in [-0.25, -0.2) is 0 Å². The molecule has 0 aliphatic carbocycles. The number of tetrazole rings is 1. The van der Waals surface area contributed by atoms with Crippen molar-refractivity contribution in [1.82, 2.24) is 30.9 Å². The molecule has 0 radical (unpaired) electrons. The quantitative estimate of drug-likeness (QED) is 0.618. The molecule has 0 bridgehead atoms. The van der Waals surface area contributed by atoms with Crippen molar-refractivity contribution >= 4 is 16.7 Å². The number of benzene rings is 1. The molecular weight excluding hydrogens is 260 g/mol. The van der Waals surface area contributed by atoms with Crippen molar-refractivity contribution in [3.63, 3.8) is 0 Å². The predicted octanol–water partition coefficient (Wildman–Crippen LogP) is -0.0288. The van der Waals surface area contributed by atoms with Crippen LogP contribution >= 0.6 is 0 Å². The van der Waals surface area contributed by atoms with Crippen molar-refractivity contribution in [1.29, 1.82) is 0 Å². The zero-order valence-electron chi connectivity index (χ0n) is 10.3. The summed E-state index contributed by atoms with van der Waals surface area (Å²) in [6.07, 6.45) is 0. The Morgan fingerprint density at radius 1 is 1.30 bits per heavy atom. The van der Waals surface area contributed by atoms with E-state index in [1.165, 1.54) is 0 Å². The Hall–Kier alpha value is -3.03. The zero-order valence-corrected chi connectivity index (χ0v) is 10.3. The fourth-order valence-electron chi connectivity index (χ4n) is 1.85. The topological polar surface area (TPSA) is 116 Å². The largest absolute Gasteiger partial charge is 0.343 e. The van der Waals surface area contributed by atoms with Gasteiger partial charge in [0, 0.05) is 5.39 Å². The first-order chi connectivity index (χ1) is 9.74. The van der Waals surface area contributed by atoms with Gasteiger partial charge in [0.15, 0.2) is 5.82 Å². The van der Waals surface area contributed by atoms with E-state index in [9.17, 15) is 9.59 Å². The monoisotopic (exact) mass is 270 g/mol. The predicted molar refractivity (Wildman–Crippen MR) is 69.9 cm³/mol. The van der Waals surface area contributed by atoms with Crippen LogP contribution in [0, 0.1) is 0 Å². The average molecular weight is 270 g/mol. The number of rotatable bonds is 3. The number of hydrogen-bond acceptors (Lipinski definition) is 5. The number of pyridine rings is 1. The van der Waals surface area contributed by atoms with Crippen LogP contribution in [0.3, 0.4) is 0 Å². The van der Waals surface area contributed by atoms with E-state index in [1.807, 2.05) is 6.07 Å². The number of H-pyrrole nitrogens is 2. The standard InChI is InChI=1S/C12H10N6O2/c19-11-8-4-2-1-3-7(8)5-9(14-11)12(20)13-6-10-15-17-18-16-10/h1-5H,6H2,(H,13,20)(H,14,19)(H,15,16,17,18). The maximum Gasteiger partial charge on any atom is 0.268 e. The van der Waals surface area contributed by atoms with E-state index in [2.05, 4.69) is 30.9 Å². The van der Waals surface area contributed by atoms with Gasteiger partial charge in [-0.3, -0.25) is 9.59 Å². The lowest BCUT2D eigenvalue weighted by Gasteiger charge is -2.04. The maximum atomic E-state index is 12.0. The van der Waals surface area contributed by atoms with Crippen molar-refractivity contribution in [2.75, 3.05) is 0 Å². The number of aromatic amines is 2. The minimum atomic E-state index is -0.405. The second kappa shape index (κ2) is 4.92. The molecule has 0 atom stereocenters. The van der Waals surface area contributed by atoms with Crippen molar-refractivity contribution in [3.05, 3.63) is 52.2 Å². The Labute approximate surface area is 112 Å². The van der Waals surface area contributed by atoms with Crippen LogP contribution < -0.4 is 10.9 Å². The molecule has 0 fully saturated rings. The molecule has 0 unspecified atom stereocenters. The third-order valence-corrected chi connectivity index (χ3v) is 2.79. The van der Waals surface area contributed by atoms with Gasteiger partial charge in [-0.15, -0.1) is 10.2 Å². The third kappa shape index (κ3) is 2.26. The van der Waals surface area contributed by atoms with Crippen LogP contribution in [0.5, 0.6) is 0 Å². The number of nitrogens with one attached hydrogen (secondary N) is 3. The van der Waals surface area contributed by atoms with E-state index in [0.29, 0.717) is 16.6 Å². The van der Waals surface area contributed by atoms with Gasteiger partial charge in [-0.1, -0.05) is 23.4 Å². The lowest BCUT2D eigenvalue weighted by Crippen LogP contribution is -2.26. The first-order valence-corrected chi connectivity index (χ1v) is 5.86. The number of amides is 1. The summed E-state index contributed by atoms with van der Waals surface area (Å²) in [5, 5.41) is 17.0. The highest BCUT2D eigenvalue weighted by molar-refractivity contribution is 5.96. The second-order valence-electron chi connectivity index (χ2n) is 4.11. The molecule has 0 spiro atoms. The normalized spacial score (nSPS) is 10.6. The van der Waals surface area contributed by atoms with Gasteiger partial charge in [0.05, 0.1) is 6.54 Å². The van der Waals surface area contributed by atoms with Crippen molar-refractivity contribution < 1.29 is 4.79 Å². The fourth-order valence-corrected chi connectivity index (χ4v) is 1.85. The van der Waals surface area contributed by atoms with Crippen molar-refractivity contribution in [2.24, 2.45) is 0 Å². The van der Waals surface area contributed by atoms with Crippen LogP contribution in [0.4, 0.5) is 0 Å². The van der Waals surface area contributed by atoms with E-state index < -0.39 is 5.91 Å². The SMILES string of the molecule is O=C(NCc1nn[nH]n1)c1cc2ccccc2c(=O)[nH]1. The van der Waals surface area contributed by atoms with Gasteiger partial charge in [0.25, 0.3) is 11.5 Å². The lowest BCUT2D eigenvalue weighted by molar-refractivity contribution is 0.0945. The summed E-state index contributed by atoms with van der Waals surface area (Å²) < 4.78 is 0. The summed E-state index contributed by atoms with van der Waals surface area (Å²) in [6, 6.07) is 8.69. The molecule has 3 N–H and O–H groups in total. The van der Waals surface area contributed by atoms with Crippen LogP contribution in [0.15, 0.2) is 35.1 Å². The molecule has 0 aliphatic heterocycles.